The van der Waals surface area contributed by atoms with Crippen LogP contribution in [0.3, 0.4) is 0 Å². The monoisotopic (exact) mass is 610 g/mol. The lowest BCUT2D eigenvalue weighted by Crippen LogP contribution is -2.38. The topological polar surface area (TPSA) is 145 Å². The quantitative estimate of drug-likeness (QED) is 0.193. The van der Waals surface area contributed by atoms with Gasteiger partial charge in [-0.25, -0.2) is 0 Å². The van der Waals surface area contributed by atoms with Crippen LogP contribution in [0.15, 0.2) is 102 Å². The molecule has 11 nitrogen and oxygen atoms in total. The predicted molar refractivity (Wildman–Crippen MR) is 163 cm³/mol. The molecule has 1 aliphatic rings. The number of anilines is 1. The van der Waals surface area contributed by atoms with Gasteiger partial charge in [0.2, 0.25) is 5.16 Å². The van der Waals surface area contributed by atoms with Gasteiger partial charge in [-0.05, 0) is 70.1 Å². The SMILES string of the molecule is C[C@H]1[C@@H](CSc2nnnn2-c2ccc(O)cc2)O[C@@H](c2cccc(NC(=O)c3cccnc3)c2)O[C@H]1c1ccc(CO)cc1. The fourth-order valence-corrected chi connectivity index (χ4v) is 6.01. The number of phenols is 1. The largest absolute Gasteiger partial charge is 0.508 e. The summed E-state index contributed by atoms with van der Waals surface area (Å²) in [6.07, 6.45) is 1.84. The normalized spacial score (nSPS) is 19.9. The number of hydrogen-bond donors (Lipinski definition) is 3. The average molecular weight is 611 g/mol. The smallest absolute Gasteiger partial charge is 0.257 e. The van der Waals surface area contributed by atoms with Crippen molar-refractivity contribution >= 4 is 23.4 Å². The van der Waals surface area contributed by atoms with Gasteiger partial charge in [0.15, 0.2) is 6.29 Å². The van der Waals surface area contributed by atoms with E-state index >= 15 is 0 Å². The Balaban J connectivity index is 1.24. The molecule has 1 fully saturated rings. The lowest BCUT2D eigenvalue weighted by Gasteiger charge is -2.41. The van der Waals surface area contributed by atoms with Crippen LogP contribution < -0.4 is 5.32 Å². The highest BCUT2D eigenvalue weighted by Gasteiger charge is 2.38. The van der Waals surface area contributed by atoms with E-state index in [0.717, 1.165) is 22.4 Å². The number of nitrogens with zero attached hydrogens (tertiary/aromatic N) is 5. The Bertz CT molecular complexity index is 1700. The molecule has 3 aromatic carbocycles. The third kappa shape index (κ3) is 6.63. The predicted octanol–water partition coefficient (Wildman–Crippen LogP) is 5.09. The molecule has 44 heavy (non-hydrogen) atoms. The first kappa shape index (κ1) is 29.5. The van der Waals surface area contributed by atoms with Gasteiger partial charge in [0.1, 0.15) is 5.75 Å². The summed E-state index contributed by atoms with van der Waals surface area (Å²) in [6.45, 7) is 2.04. The first-order chi connectivity index (χ1) is 21.5. The van der Waals surface area contributed by atoms with Crippen LogP contribution in [0, 0.1) is 5.92 Å². The van der Waals surface area contributed by atoms with Crippen LogP contribution in [0.5, 0.6) is 5.75 Å². The zero-order chi connectivity index (χ0) is 30.5. The summed E-state index contributed by atoms with van der Waals surface area (Å²) in [4.78, 5) is 16.8. The molecule has 0 aliphatic carbocycles. The third-order valence-corrected chi connectivity index (χ3v) is 8.38. The molecule has 12 heteroatoms. The molecule has 224 valence electrons. The summed E-state index contributed by atoms with van der Waals surface area (Å²) < 4.78 is 14.8. The number of rotatable bonds is 9. The number of phenolic OH excluding ortho intramolecular Hbond substituents is 1. The minimum absolute atomic E-state index is 0.0420. The second-order valence-corrected chi connectivity index (χ2v) is 11.3. The second kappa shape index (κ2) is 13.3. The highest BCUT2D eigenvalue weighted by molar-refractivity contribution is 7.99. The van der Waals surface area contributed by atoms with Crippen molar-refractivity contribution in [1.82, 2.24) is 25.2 Å². The number of ether oxygens (including phenoxy) is 2. The van der Waals surface area contributed by atoms with Crippen LogP contribution in [0.4, 0.5) is 5.69 Å². The van der Waals surface area contributed by atoms with Crippen molar-refractivity contribution in [3.63, 3.8) is 0 Å². The van der Waals surface area contributed by atoms with Gasteiger partial charge in [-0.2, -0.15) is 4.68 Å². The second-order valence-electron chi connectivity index (χ2n) is 10.3. The molecule has 0 radical (unpaired) electrons. The van der Waals surface area contributed by atoms with E-state index < -0.39 is 6.29 Å². The summed E-state index contributed by atoms with van der Waals surface area (Å²) in [5.41, 5.74) is 4.31. The molecule has 0 saturated carbocycles. The van der Waals surface area contributed by atoms with Crippen molar-refractivity contribution in [2.24, 2.45) is 5.92 Å². The van der Waals surface area contributed by atoms with Crippen LogP contribution in [-0.4, -0.2) is 53.2 Å². The number of aromatic hydroxyl groups is 1. The number of benzene rings is 3. The summed E-state index contributed by atoms with van der Waals surface area (Å²) in [5, 5.41) is 34.9. The molecular formula is C32H30N6O5S. The Kier molecular flexibility index (Phi) is 8.94. The Morgan fingerprint density at radius 3 is 2.57 bits per heavy atom. The first-order valence-corrected chi connectivity index (χ1v) is 15.0. The van der Waals surface area contributed by atoms with E-state index in [0.29, 0.717) is 22.2 Å². The van der Waals surface area contributed by atoms with E-state index in [2.05, 4.69) is 32.7 Å². The molecule has 0 spiro atoms. The van der Waals surface area contributed by atoms with Crippen LogP contribution >= 0.6 is 11.8 Å². The Morgan fingerprint density at radius 1 is 1.00 bits per heavy atom. The maximum atomic E-state index is 12.8. The van der Waals surface area contributed by atoms with E-state index in [4.69, 9.17) is 9.47 Å². The average Bonchev–Trinajstić information content (AvgIpc) is 3.54. The van der Waals surface area contributed by atoms with E-state index in [-0.39, 0.29) is 36.4 Å². The molecule has 2 aromatic heterocycles. The number of carbonyl (C=O) groups is 1. The fourth-order valence-electron chi connectivity index (χ4n) is 4.95. The third-order valence-electron chi connectivity index (χ3n) is 7.38. The molecule has 6 rings (SSSR count). The van der Waals surface area contributed by atoms with Gasteiger partial charge in [0.25, 0.3) is 5.91 Å². The zero-order valence-electron chi connectivity index (χ0n) is 23.7. The van der Waals surface area contributed by atoms with Crippen molar-refractivity contribution in [3.05, 3.63) is 120 Å². The number of hydrogen-bond acceptors (Lipinski definition) is 10. The lowest BCUT2D eigenvalue weighted by molar-refractivity contribution is -0.268. The number of aliphatic hydroxyl groups excluding tert-OH is 1. The first-order valence-electron chi connectivity index (χ1n) is 14.0. The number of amides is 1. The molecule has 0 unspecified atom stereocenters. The summed E-state index contributed by atoms with van der Waals surface area (Å²) in [6, 6.07) is 25.2. The number of aliphatic hydroxyl groups is 1. The Labute approximate surface area is 257 Å². The number of tetrazole rings is 1. The van der Waals surface area contributed by atoms with Crippen molar-refractivity contribution in [2.75, 3.05) is 11.1 Å². The van der Waals surface area contributed by atoms with Gasteiger partial charge >= 0.3 is 0 Å². The molecular weight excluding hydrogens is 580 g/mol. The van der Waals surface area contributed by atoms with E-state index in [1.807, 2.05) is 48.5 Å². The van der Waals surface area contributed by atoms with E-state index in [9.17, 15) is 15.0 Å². The van der Waals surface area contributed by atoms with Crippen LogP contribution in [0.1, 0.15) is 46.4 Å². The van der Waals surface area contributed by atoms with Crippen molar-refractivity contribution in [1.29, 1.82) is 0 Å². The van der Waals surface area contributed by atoms with Crippen molar-refractivity contribution in [2.45, 2.75) is 37.2 Å². The van der Waals surface area contributed by atoms with Crippen molar-refractivity contribution < 1.29 is 24.5 Å². The highest BCUT2D eigenvalue weighted by atomic mass is 32.2. The molecule has 5 aromatic rings. The van der Waals surface area contributed by atoms with Crippen LogP contribution in [0.2, 0.25) is 0 Å². The van der Waals surface area contributed by atoms with Crippen LogP contribution in [0.25, 0.3) is 5.69 Å². The van der Waals surface area contributed by atoms with Crippen molar-refractivity contribution in [3.8, 4) is 11.4 Å². The number of aromatic nitrogens is 5. The van der Waals surface area contributed by atoms with E-state index in [1.54, 1.807) is 47.3 Å². The fraction of sp³-hybridized carbons (Fsp3) is 0.219. The number of pyridine rings is 1. The molecule has 1 aliphatic heterocycles. The summed E-state index contributed by atoms with van der Waals surface area (Å²) >= 11 is 1.46. The van der Waals surface area contributed by atoms with E-state index in [1.165, 1.54) is 18.0 Å². The summed E-state index contributed by atoms with van der Waals surface area (Å²) in [7, 11) is 0. The van der Waals surface area contributed by atoms with Gasteiger partial charge < -0.3 is 25.0 Å². The maximum Gasteiger partial charge on any atom is 0.257 e. The highest BCUT2D eigenvalue weighted by Crippen LogP contribution is 2.43. The van der Waals surface area contributed by atoms with Gasteiger partial charge in [0, 0.05) is 35.3 Å². The number of carbonyl (C=O) groups excluding carboxylic acids is 1. The van der Waals surface area contributed by atoms with Gasteiger partial charge in [0.05, 0.1) is 30.1 Å². The molecule has 1 amide bonds. The summed E-state index contributed by atoms with van der Waals surface area (Å²) in [5.74, 6) is 0.370. The number of thioether (sulfide) groups is 1. The minimum Gasteiger partial charge on any atom is -0.508 e. The minimum atomic E-state index is -0.720. The molecule has 1 saturated heterocycles. The standard InChI is InChI=1S/C32H30N6O5S/c1-20-28(19-44-32-35-36-37-38(32)26-11-13-27(40)14-12-26)42-31(43-29(20)22-9-7-21(18-39)8-10-22)23-4-2-6-25(16-23)34-30(41)24-5-3-15-33-17-24/h2-17,20,28-29,31,39-40H,18-19H2,1H3,(H,34,41)/t20-,28+,29+,31+/m0/s1. The molecule has 3 heterocycles. The lowest BCUT2D eigenvalue weighted by atomic mass is 9.91. The molecule has 3 N–H and O–H groups in total. The maximum absolute atomic E-state index is 12.8. The van der Waals surface area contributed by atoms with Gasteiger partial charge in [-0.15, -0.1) is 5.10 Å². The van der Waals surface area contributed by atoms with Gasteiger partial charge in [-0.3, -0.25) is 9.78 Å². The molecule has 4 atom stereocenters. The molecule has 0 bridgehead atoms. The van der Waals surface area contributed by atoms with Crippen LogP contribution in [-0.2, 0) is 16.1 Å². The number of nitrogens with one attached hydrogen (secondary N) is 1. The Morgan fingerprint density at radius 2 is 1.82 bits per heavy atom. The zero-order valence-corrected chi connectivity index (χ0v) is 24.5. The van der Waals surface area contributed by atoms with Gasteiger partial charge in [-0.1, -0.05) is 55.1 Å². The Hall–Kier alpha value is -4.62.